The standard InChI is InChI=1S/C18H27BrN2/c1-4-11-18(13-19,12-5-2)14-21-16-10-8-7-9-15(16)20-17(21)6-3/h7-10H,4-6,11-14H2,1-3H3. The number of halogens is 1. The van der Waals surface area contributed by atoms with Gasteiger partial charge in [0.05, 0.1) is 11.0 Å². The molecule has 1 heterocycles. The highest BCUT2D eigenvalue weighted by Gasteiger charge is 2.29. The predicted molar refractivity (Wildman–Crippen MR) is 95.2 cm³/mol. The molecule has 0 radical (unpaired) electrons. The zero-order valence-corrected chi connectivity index (χ0v) is 15.1. The molecule has 2 nitrogen and oxygen atoms in total. The van der Waals surface area contributed by atoms with Crippen molar-refractivity contribution in [2.24, 2.45) is 5.41 Å². The van der Waals surface area contributed by atoms with E-state index in [0.29, 0.717) is 5.41 Å². The fourth-order valence-corrected chi connectivity index (χ4v) is 4.16. The lowest BCUT2D eigenvalue weighted by molar-refractivity contribution is 0.233. The second-order valence-electron chi connectivity index (χ2n) is 6.09. The van der Waals surface area contributed by atoms with Crippen molar-refractivity contribution in [2.45, 2.75) is 59.4 Å². The summed E-state index contributed by atoms with van der Waals surface area (Å²) in [7, 11) is 0. The molecule has 0 saturated carbocycles. The summed E-state index contributed by atoms with van der Waals surface area (Å²) in [6.07, 6.45) is 5.99. The van der Waals surface area contributed by atoms with Crippen LogP contribution in [-0.4, -0.2) is 14.9 Å². The number of hydrogen-bond donors (Lipinski definition) is 0. The lowest BCUT2D eigenvalue weighted by atomic mass is 9.81. The minimum Gasteiger partial charge on any atom is -0.327 e. The first-order valence-electron chi connectivity index (χ1n) is 8.19. The summed E-state index contributed by atoms with van der Waals surface area (Å²) >= 11 is 3.80. The van der Waals surface area contributed by atoms with Crippen molar-refractivity contribution >= 4 is 27.0 Å². The minimum absolute atomic E-state index is 0.344. The maximum absolute atomic E-state index is 4.82. The zero-order chi connectivity index (χ0) is 15.3. The number of imidazole rings is 1. The van der Waals surface area contributed by atoms with Crippen LogP contribution < -0.4 is 0 Å². The van der Waals surface area contributed by atoms with Gasteiger partial charge in [0.15, 0.2) is 0 Å². The fourth-order valence-electron chi connectivity index (χ4n) is 3.43. The van der Waals surface area contributed by atoms with Gasteiger partial charge in [0.2, 0.25) is 0 Å². The first-order valence-corrected chi connectivity index (χ1v) is 9.32. The summed E-state index contributed by atoms with van der Waals surface area (Å²) in [6.45, 7) is 7.86. The van der Waals surface area contributed by atoms with Crippen LogP contribution in [0.2, 0.25) is 0 Å². The Morgan fingerprint density at radius 1 is 1.10 bits per heavy atom. The van der Waals surface area contributed by atoms with E-state index in [0.717, 1.165) is 23.8 Å². The smallest absolute Gasteiger partial charge is 0.109 e. The number of aromatic nitrogens is 2. The van der Waals surface area contributed by atoms with Crippen molar-refractivity contribution in [3.05, 3.63) is 30.1 Å². The number of aryl methyl sites for hydroxylation is 1. The van der Waals surface area contributed by atoms with Crippen molar-refractivity contribution in [1.29, 1.82) is 0 Å². The number of hydrogen-bond acceptors (Lipinski definition) is 1. The van der Waals surface area contributed by atoms with Gasteiger partial charge >= 0.3 is 0 Å². The van der Waals surface area contributed by atoms with E-state index in [9.17, 15) is 0 Å². The van der Waals surface area contributed by atoms with Crippen molar-refractivity contribution in [3.8, 4) is 0 Å². The molecule has 2 rings (SSSR count). The molecule has 0 aliphatic rings. The summed E-state index contributed by atoms with van der Waals surface area (Å²) < 4.78 is 2.46. The maximum atomic E-state index is 4.82. The molecule has 0 atom stereocenters. The second kappa shape index (κ2) is 7.44. The average Bonchev–Trinajstić information content (AvgIpc) is 2.85. The van der Waals surface area contributed by atoms with E-state index in [4.69, 9.17) is 4.98 Å². The Hall–Kier alpha value is -0.830. The number of para-hydroxylation sites is 2. The van der Waals surface area contributed by atoms with E-state index >= 15 is 0 Å². The van der Waals surface area contributed by atoms with Gasteiger partial charge in [0, 0.05) is 18.3 Å². The molecule has 0 spiro atoms. The first kappa shape index (κ1) is 16.5. The van der Waals surface area contributed by atoms with Crippen LogP contribution in [0.25, 0.3) is 11.0 Å². The van der Waals surface area contributed by atoms with Gasteiger partial charge < -0.3 is 4.57 Å². The average molecular weight is 351 g/mol. The molecule has 0 amide bonds. The number of nitrogens with zero attached hydrogens (tertiary/aromatic N) is 2. The monoisotopic (exact) mass is 350 g/mol. The molecule has 0 bridgehead atoms. The highest BCUT2D eigenvalue weighted by molar-refractivity contribution is 9.09. The van der Waals surface area contributed by atoms with E-state index in [-0.39, 0.29) is 0 Å². The summed E-state index contributed by atoms with van der Waals surface area (Å²) in [4.78, 5) is 4.82. The molecule has 1 aromatic carbocycles. The van der Waals surface area contributed by atoms with Gasteiger partial charge in [-0.05, 0) is 30.4 Å². The Morgan fingerprint density at radius 3 is 2.33 bits per heavy atom. The van der Waals surface area contributed by atoms with Gasteiger partial charge in [-0.3, -0.25) is 0 Å². The fraction of sp³-hybridized carbons (Fsp3) is 0.611. The number of benzene rings is 1. The molecule has 0 N–H and O–H groups in total. The molecular formula is C18H27BrN2. The molecular weight excluding hydrogens is 324 g/mol. The lowest BCUT2D eigenvalue weighted by Crippen LogP contribution is -2.29. The topological polar surface area (TPSA) is 17.8 Å². The lowest BCUT2D eigenvalue weighted by Gasteiger charge is -2.33. The first-order chi connectivity index (χ1) is 10.2. The van der Waals surface area contributed by atoms with Gasteiger partial charge in [-0.2, -0.15) is 0 Å². The Bertz CT molecular complexity index is 568. The highest BCUT2D eigenvalue weighted by atomic mass is 79.9. The normalized spacial score (nSPS) is 12.2. The molecule has 0 aliphatic heterocycles. The van der Waals surface area contributed by atoms with Crippen LogP contribution in [0.3, 0.4) is 0 Å². The van der Waals surface area contributed by atoms with E-state index in [1.54, 1.807) is 0 Å². The van der Waals surface area contributed by atoms with E-state index < -0.39 is 0 Å². The van der Waals surface area contributed by atoms with Crippen LogP contribution in [0.15, 0.2) is 24.3 Å². The summed E-state index contributed by atoms with van der Waals surface area (Å²) in [5.74, 6) is 1.22. The molecule has 1 aromatic heterocycles. The Kier molecular flexibility index (Phi) is 5.86. The van der Waals surface area contributed by atoms with E-state index in [1.807, 2.05) is 0 Å². The van der Waals surface area contributed by atoms with E-state index in [1.165, 1.54) is 37.0 Å². The Balaban J connectivity index is 2.44. The van der Waals surface area contributed by atoms with Crippen molar-refractivity contribution < 1.29 is 0 Å². The third kappa shape index (κ3) is 3.50. The second-order valence-corrected chi connectivity index (χ2v) is 6.65. The van der Waals surface area contributed by atoms with Crippen LogP contribution in [0, 0.1) is 5.41 Å². The molecule has 0 fully saturated rings. The molecule has 0 unspecified atom stereocenters. The van der Waals surface area contributed by atoms with Gasteiger partial charge in [0.25, 0.3) is 0 Å². The maximum Gasteiger partial charge on any atom is 0.109 e. The zero-order valence-electron chi connectivity index (χ0n) is 13.5. The highest BCUT2D eigenvalue weighted by Crippen LogP contribution is 2.35. The van der Waals surface area contributed by atoms with Crippen LogP contribution in [0.4, 0.5) is 0 Å². The largest absolute Gasteiger partial charge is 0.327 e. The molecule has 21 heavy (non-hydrogen) atoms. The van der Waals surface area contributed by atoms with Crippen molar-refractivity contribution in [1.82, 2.24) is 9.55 Å². The SMILES string of the molecule is CCCC(CBr)(CCC)Cn1c(CC)nc2ccccc21. The van der Waals surface area contributed by atoms with Gasteiger partial charge in [0.1, 0.15) is 5.82 Å². The molecule has 3 heteroatoms. The quantitative estimate of drug-likeness (QED) is 0.568. The third-order valence-electron chi connectivity index (χ3n) is 4.39. The van der Waals surface area contributed by atoms with Crippen molar-refractivity contribution in [2.75, 3.05) is 5.33 Å². The van der Waals surface area contributed by atoms with Crippen LogP contribution >= 0.6 is 15.9 Å². The van der Waals surface area contributed by atoms with Gasteiger partial charge in [-0.1, -0.05) is 61.7 Å². The molecule has 0 aliphatic carbocycles. The number of alkyl halides is 1. The van der Waals surface area contributed by atoms with Crippen molar-refractivity contribution in [3.63, 3.8) is 0 Å². The number of rotatable bonds is 8. The Labute approximate surface area is 137 Å². The summed E-state index contributed by atoms with van der Waals surface area (Å²) in [5, 5.41) is 1.07. The molecule has 2 aromatic rings. The van der Waals surface area contributed by atoms with E-state index in [2.05, 4.69) is 65.5 Å². The minimum atomic E-state index is 0.344. The third-order valence-corrected chi connectivity index (χ3v) is 5.58. The van der Waals surface area contributed by atoms with Gasteiger partial charge in [-0.15, -0.1) is 0 Å². The molecule has 0 saturated heterocycles. The Morgan fingerprint density at radius 2 is 1.76 bits per heavy atom. The van der Waals surface area contributed by atoms with Crippen LogP contribution in [0.1, 0.15) is 52.3 Å². The van der Waals surface area contributed by atoms with Crippen LogP contribution in [-0.2, 0) is 13.0 Å². The predicted octanol–water partition coefficient (Wildman–Crippen LogP) is 5.58. The summed E-state index contributed by atoms with van der Waals surface area (Å²) in [5.41, 5.74) is 2.76. The number of fused-ring (bicyclic) bond motifs is 1. The van der Waals surface area contributed by atoms with Gasteiger partial charge in [-0.25, -0.2) is 4.98 Å². The molecule has 116 valence electrons. The summed E-state index contributed by atoms with van der Waals surface area (Å²) in [6, 6.07) is 8.53. The van der Waals surface area contributed by atoms with Crippen LogP contribution in [0.5, 0.6) is 0 Å².